The molecule has 0 bridgehead atoms. The molecule has 0 atom stereocenters. The number of hydrogen-bond acceptors (Lipinski definition) is 4. The molecule has 0 aliphatic carbocycles. The van der Waals surface area contributed by atoms with E-state index in [1.54, 1.807) is 6.07 Å². The lowest BCUT2D eigenvalue weighted by Gasteiger charge is -2.07. The van der Waals surface area contributed by atoms with Crippen molar-refractivity contribution in [1.29, 1.82) is 0 Å². The van der Waals surface area contributed by atoms with Crippen LogP contribution >= 0.6 is 15.9 Å². The van der Waals surface area contributed by atoms with Crippen molar-refractivity contribution in [2.45, 2.75) is 12.8 Å². The van der Waals surface area contributed by atoms with Gasteiger partial charge in [0.25, 0.3) is 0 Å². The molecule has 2 rings (SSSR count). The van der Waals surface area contributed by atoms with Crippen LogP contribution in [0.1, 0.15) is 12.0 Å². The minimum absolute atomic E-state index is 0.112. The van der Waals surface area contributed by atoms with Crippen molar-refractivity contribution in [3.8, 4) is 17.2 Å². The number of fused-ring (bicyclic) bond motifs is 1. The Kier molecular flexibility index (Phi) is 2.81. The fourth-order valence-electron chi connectivity index (χ4n) is 1.45. The van der Waals surface area contributed by atoms with Crippen LogP contribution in [-0.2, 0) is 11.2 Å². The number of phenolic OH excluding ortho intramolecular Hbond substituents is 1. The summed E-state index contributed by atoms with van der Waals surface area (Å²) < 4.78 is 10.9. The summed E-state index contributed by atoms with van der Waals surface area (Å²) in [5.41, 5.74) is 0.679. The van der Waals surface area contributed by atoms with Gasteiger partial charge in [-0.2, -0.15) is 0 Å². The van der Waals surface area contributed by atoms with E-state index in [9.17, 15) is 9.90 Å². The molecule has 4 nitrogen and oxygen atoms in total. The summed E-state index contributed by atoms with van der Waals surface area (Å²) in [7, 11) is 0. The lowest BCUT2D eigenvalue weighted by molar-refractivity contribution is -0.107. The highest BCUT2D eigenvalue weighted by molar-refractivity contribution is 9.10. The van der Waals surface area contributed by atoms with Gasteiger partial charge in [0.15, 0.2) is 11.5 Å². The molecule has 0 aromatic heterocycles. The molecule has 0 fully saturated rings. The van der Waals surface area contributed by atoms with Gasteiger partial charge in [-0.1, -0.05) is 0 Å². The third-order valence-corrected chi connectivity index (χ3v) is 2.93. The van der Waals surface area contributed by atoms with Gasteiger partial charge in [-0.25, -0.2) is 0 Å². The number of rotatable bonds is 3. The number of aldehydes is 1. The van der Waals surface area contributed by atoms with Crippen molar-refractivity contribution >= 4 is 22.2 Å². The summed E-state index contributed by atoms with van der Waals surface area (Å²) >= 11 is 3.23. The highest BCUT2D eigenvalue weighted by Gasteiger charge is 2.22. The van der Waals surface area contributed by atoms with Gasteiger partial charge in [-0.05, 0) is 34.0 Å². The molecule has 80 valence electrons. The Morgan fingerprint density at radius 1 is 1.53 bits per heavy atom. The van der Waals surface area contributed by atoms with Crippen LogP contribution in [0.15, 0.2) is 10.5 Å². The summed E-state index contributed by atoms with van der Waals surface area (Å²) in [6.45, 7) is 0.157. The lowest BCUT2D eigenvalue weighted by atomic mass is 10.1. The van der Waals surface area contributed by atoms with E-state index in [-0.39, 0.29) is 12.5 Å². The summed E-state index contributed by atoms with van der Waals surface area (Å²) in [5.74, 6) is 1.23. The van der Waals surface area contributed by atoms with Gasteiger partial charge in [0.05, 0.1) is 0 Å². The number of ether oxygens (including phenoxy) is 2. The SMILES string of the molecule is O=CCCc1cc2c(c(Br)c1O)OCO2. The minimum atomic E-state index is 0.112. The van der Waals surface area contributed by atoms with Gasteiger partial charge in [0.1, 0.15) is 16.5 Å². The molecular weight excluding hydrogens is 264 g/mol. The molecule has 15 heavy (non-hydrogen) atoms. The predicted molar refractivity (Wildman–Crippen MR) is 56.3 cm³/mol. The van der Waals surface area contributed by atoms with Crippen molar-refractivity contribution in [3.05, 3.63) is 16.1 Å². The molecule has 0 saturated carbocycles. The average molecular weight is 273 g/mol. The summed E-state index contributed by atoms with van der Waals surface area (Å²) in [6.07, 6.45) is 1.68. The Labute approximate surface area is 94.9 Å². The Balaban J connectivity index is 2.39. The first-order chi connectivity index (χ1) is 7.24. The van der Waals surface area contributed by atoms with E-state index in [0.29, 0.717) is 34.4 Å². The van der Waals surface area contributed by atoms with E-state index in [4.69, 9.17) is 9.47 Å². The molecule has 1 aromatic rings. The number of hydrogen-bond donors (Lipinski definition) is 1. The number of phenols is 1. The first-order valence-corrected chi connectivity index (χ1v) is 5.27. The van der Waals surface area contributed by atoms with Crippen LogP contribution in [0, 0.1) is 0 Å². The van der Waals surface area contributed by atoms with Crippen molar-refractivity contribution in [3.63, 3.8) is 0 Å². The number of carbonyl (C=O) groups excluding carboxylic acids is 1. The third kappa shape index (κ3) is 1.79. The minimum Gasteiger partial charge on any atom is -0.506 e. The van der Waals surface area contributed by atoms with Crippen molar-refractivity contribution in [1.82, 2.24) is 0 Å². The molecule has 1 aromatic carbocycles. The highest BCUT2D eigenvalue weighted by Crippen LogP contribution is 2.46. The molecule has 1 aliphatic rings. The van der Waals surface area contributed by atoms with Gasteiger partial charge >= 0.3 is 0 Å². The van der Waals surface area contributed by atoms with Gasteiger partial charge in [0, 0.05) is 6.42 Å². The van der Waals surface area contributed by atoms with E-state index in [0.717, 1.165) is 6.29 Å². The monoisotopic (exact) mass is 272 g/mol. The molecule has 0 radical (unpaired) electrons. The van der Waals surface area contributed by atoms with Gasteiger partial charge in [-0.15, -0.1) is 0 Å². The smallest absolute Gasteiger partial charge is 0.231 e. The second-order valence-corrected chi connectivity index (χ2v) is 3.93. The quantitative estimate of drug-likeness (QED) is 0.856. The van der Waals surface area contributed by atoms with E-state index < -0.39 is 0 Å². The molecule has 0 unspecified atom stereocenters. The van der Waals surface area contributed by atoms with Crippen LogP contribution in [0.5, 0.6) is 17.2 Å². The van der Waals surface area contributed by atoms with Gasteiger partial charge in [-0.3, -0.25) is 0 Å². The highest BCUT2D eigenvalue weighted by atomic mass is 79.9. The molecule has 0 spiro atoms. The maximum absolute atomic E-state index is 10.3. The fourth-order valence-corrected chi connectivity index (χ4v) is 2.01. The molecule has 1 aliphatic heterocycles. The first kappa shape index (κ1) is 10.3. The average Bonchev–Trinajstić information content (AvgIpc) is 2.69. The summed E-state index contributed by atoms with van der Waals surface area (Å²) in [5, 5.41) is 9.79. The lowest BCUT2D eigenvalue weighted by Crippen LogP contribution is -1.93. The van der Waals surface area contributed by atoms with E-state index >= 15 is 0 Å². The summed E-state index contributed by atoms with van der Waals surface area (Å²) in [6, 6.07) is 1.70. The zero-order valence-corrected chi connectivity index (χ0v) is 9.41. The van der Waals surface area contributed by atoms with Crippen LogP contribution in [0.3, 0.4) is 0 Å². The number of aromatic hydroxyl groups is 1. The zero-order chi connectivity index (χ0) is 10.8. The van der Waals surface area contributed by atoms with E-state index in [1.165, 1.54) is 0 Å². The normalized spacial score (nSPS) is 12.9. The Bertz CT molecular complexity index is 403. The number of benzene rings is 1. The predicted octanol–water partition coefficient (Wildman–Crippen LogP) is 2.01. The Morgan fingerprint density at radius 3 is 3.07 bits per heavy atom. The third-order valence-electron chi connectivity index (χ3n) is 2.19. The first-order valence-electron chi connectivity index (χ1n) is 4.47. The second-order valence-electron chi connectivity index (χ2n) is 3.14. The van der Waals surface area contributed by atoms with Crippen LogP contribution in [0.25, 0.3) is 0 Å². The fraction of sp³-hybridized carbons (Fsp3) is 0.300. The number of aryl methyl sites for hydroxylation is 1. The molecule has 0 saturated heterocycles. The van der Waals surface area contributed by atoms with Gasteiger partial charge in [0.2, 0.25) is 6.79 Å². The maximum atomic E-state index is 10.3. The maximum Gasteiger partial charge on any atom is 0.231 e. The van der Waals surface area contributed by atoms with Crippen LogP contribution in [0.2, 0.25) is 0 Å². The topological polar surface area (TPSA) is 55.8 Å². The number of carbonyl (C=O) groups is 1. The molecule has 0 amide bonds. The van der Waals surface area contributed by atoms with Crippen molar-refractivity contribution < 1.29 is 19.4 Å². The van der Waals surface area contributed by atoms with Crippen molar-refractivity contribution in [2.24, 2.45) is 0 Å². The molecule has 1 heterocycles. The Hall–Kier alpha value is -1.23. The number of halogens is 1. The summed E-state index contributed by atoms with van der Waals surface area (Å²) in [4.78, 5) is 10.3. The van der Waals surface area contributed by atoms with Gasteiger partial charge < -0.3 is 19.4 Å². The standard InChI is InChI=1S/C10H9BrO4/c11-8-9(13)6(2-1-3-12)4-7-10(8)15-5-14-7/h3-4,13H,1-2,5H2. The second kappa shape index (κ2) is 4.10. The Morgan fingerprint density at radius 2 is 2.33 bits per heavy atom. The largest absolute Gasteiger partial charge is 0.506 e. The van der Waals surface area contributed by atoms with Crippen LogP contribution in [0.4, 0.5) is 0 Å². The van der Waals surface area contributed by atoms with E-state index in [2.05, 4.69) is 15.9 Å². The zero-order valence-electron chi connectivity index (χ0n) is 7.83. The van der Waals surface area contributed by atoms with Crippen LogP contribution < -0.4 is 9.47 Å². The molecular formula is C10H9BrO4. The molecule has 5 heteroatoms. The van der Waals surface area contributed by atoms with Crippen molar-refractivity contribution in [2.75, 3.05) is 6.79 Å². The van der Waals surface area contributed by atoms with Crippen LogP contribution in [-0.4, -0.2) is 18.2 Å². The molecule has 1 N–H and O–H groups in total. The van der Waals surface area contributed by atoms with E-state index in [1.807, 2.05) is 0 Å².